The number of hydrogen-bond donors (Lipinski definition) is 4. The van der Waals surface area contributed by atoms with Gasteiger partial charge in [-0.05, 0) is 49.4 Å². The summed E-state index contributed by atoms with van der Waals surface area (Å²) in [5.74, 6) is 1.98. The number of carbonyl (C=O) groups is 2. The molecule has 0 saturated carbocycles. The van der Waals surface area contributed by atoms with E-state index in [1.54, 1.807) is 7.11 Å². The maximum Gasteiger partial charge on any atom is 0.222 e. The van der Waals surface area contributed by atoms with Gasteiger partial charge in [-0.2, -0.15) is 5.10 Å². The molecule has 0 atom stereocenters. The molecule has 1 aromatic carbocycles. The number of ether oxygens (including phenoxy) is 1. The van der Waals surface area contributed by atoms with Crippen LogP contribution in [0.25, 0.3) is 0 Å². The second kappa shape index (κ2) is 13.7. The van der Waals surface area contributed by atoms with Crippen molar-refractivity contribution in [3.05, 3.63) is 36.0 Å². The van der Waals surface area contributed by atoms with Gasteiger partial charge in [0.1, 0.15) is 0 Å². The number of hydrogen-bond acceptors (Lipinski definition) is 9. The molecule has 0 aliphatic rings. The molecule has 4 N–H and O–H groups in total. The van der Waals surface area contributed by atoms with Crippen molar-refractivity contribution in [2.45, 2.75) is 51.1 Å². The van der Waals surface area contributed by atoms with Crippen LogP contribution < -0.4 is 25.6 Å². The fraction of sp³-hybridized carbons (Fsp3) is 0.423. The molecule has 0 unspecified atom stereocenters. The average Bonchev–Trinajstić information content (AvgIpc) is 3.28. The summed E-state index contributed by atoms with van der Waals surface area (Å²) in [5.41, 5.74) is 1.62. The summed E-state index contributed by atoms with van der Waals surface area (Å²) in [4.78, 5) is 36.1. The molecular weight excluding hydrogens is 504 g/mol. The molecule has 0 aliphatic carbocycles. The van der Waals surface area contributed by atoms with Gasteiger partial charge in [-0.15, -0.1) is 0 Å². The first-order chi connectivity index (χ1) is 18.2. The zero-order chi connectivity index (χ0) is 27.7. The predicted octanol–water partition coefficient (Wildman–Crippen LogP) is 4.36. The Morgan fingerprint density at radius 1 is 1.16 bits per heavy atom. The largest absolute Gasteiger partial charge is 0.490 e. The Labute approximate surface area is 227 Å². The van der Waals surface area contributed by atoms with Crippen LogP contribution in [-0.2, 0) is 9.59 Å². The Bertz CT molecular complexity index is 1230. The van der Waals surface area contributed by atoms with Gasteiger partial charge in [-0.25, -0.2) is 9.97 Å². The van der Waals surface area contributed by atoms with Crippen LogP contribution in [0.4, 0.5) is 23.1 Å². The Balaban J connectivity index is 1.96. The maximum absolute atomic E-state index is 12.1. The monoisotopic (exact) mass is 540 g/mol. The van der Waals surface area contributed by atoms with E-state index in [1.807, 2.05) is 51.1 Å². The number of rotatable bonds is 13. The van der Waals surface area contributed by atoms with E-state index in [4.69, 9.17) is 14.7 Å². The van der Waals surface area contributed by atoms with Crippen molar-refractivity contribution < 1.29 is 14.3 Å². The highest BCUT2D eigenvalue weighted by Gasteiger charge is 2.22. The summed E-state index contributed by atoms with van der Waals surface area (Å²) in [6.45, 7) is 10.9. The van der Waals surface area contributed by atoms with Gasteiger partial charge in [0.2, 0.25) is 17.6 Å². The number of aryl methyl sites for hydroxylation is 1. The molecule has 0 fully saturated rings. The third kappa shape index (κ3) is 8.10. The number of nitrogens with zero attached hydrogens (tertiary/aromatic N) is 4. The van der Waals surface area contributed by atoms with Crippen molar-refractivity contribution in [2.75, 3.05) is 42.3 Å². The predicted molar refractivity (Wildman–Crippen MR) is 150 cm³/mol. The van der Waals surface area contributed by atoms with Crippen LogP contribution in [-0.4, -0.2) is 58.7 Å². The second-order valence-corrected chi connectivity index (χ2v) is 10.1. The van der Waals surface area contributed by atoms with Crippen LogP contribution in [0, 0.1) is 12.8 Å². The van der Waals surface area contributed by atoms with Crippen LogP contribution in [0.2, 0.25) is 0 Å². The number of H-pyrrole nitrogens is 1. The molecule has 0 bridgehead atoms. The van der Waals surface area contributed by atoms with Crippen LogP contribution in [0.5, 0.6) is 5.75 Å². The highest BCUT2D eigenvalue weighted by Crippen LogP contribution is 2.38. The molecule has 204 valence electrons. The van der Waals surface area contributed by atoms with E-state index in [2.05, 4.69) is 38.0 Å². The van der Waals surface area contributed by atoms with Crippen molar-refractivity contribution in [3.8, 4) is 5.75 Å². The molecule has 2 aromatic heterocycles. The first kappa shape index (κ1) is 28.8. The minimum atomic E-state index is -0.126. The SMILES string of the molecule is CCCN(CCNC(=O)C(C)C)c1nc(Sc2ccc(NC(C)=O)cc2)nc(Nc2cc(C)[nH]n2)c1OC. The third-order valence-electron chi connectivity index (χ3n) is 5.37. The molecule has 38 heavy (non-hydrogen) atoms. The van der Waals surface area contributed by atoms with E-state index in [-0.39, 0.29) is 17.7 Å². The summed E-state index contributed by atoms with van der Waals surface area (Å²) in [7, 11) is 1.58. The van der Waals surface area contributed by atoms with Gasteiger partial charge in [-0.1, -0.05) is 20.8 Å². The average molecular weight is 541 g/mol. The fourth-order valence-corrected chi connectivity index (χ4v) is 4.33. The van der Waals surface area contributed by atoms with Crippen LogP contribution in [0.1, 0.15) is 39.8 Å². The van der Waals surface area contributed by atoms with Crippen LogP contribution >= 0.6 is 11.8 Å². The molecule has 0 aliphatic heterocycles. The summed E-state index contributed by atoms with van der Waals surface area (Å²) in [5, 5.41) is 16.7. The van der Waals surface area contributed by atoms with Crippen molar-refractivity contribution in [1.82, 2.24) is 25.5 Å². The summed E-state index contributed by atoms with van der Waals surface area (Å²) in [6.07, 6.45) is 0.875. The van der Waals surface area contributed by atoms with Gasteiger partial charge in [0.15, 0.2) is 22.6 Å². The fourth-order valence-electron chi connectivity index (χ4n) is 3.58. The topological polar surface area (TPSA) is 137 Å². The molecule has 0 saturated heterocycles. The third-order valence-corrected chi connectivity index (χ3v) is 6.24. The van der Waals surface area contributed by atoms with E-state index in [0.29, 0.717) is 53.7 Å². The molecule has 3 aromatic rings. The van der Waals surface area contributed by atoms with Gasteiger partial charge in [0.05, 0.1) is 7.11 Å². The van der Waals surface area contributed by atoms with Gasteiger partial charge >= 0.3 is 0 Å². The first-order valence-corrected chi connectivity index (χ1v) is 13.3. The molecule has 0 spiro atoms. The van der Waals surface area contributed by atoms with Crippen molar-refractivity contribution in [3.63, 3.8) is 0 Å². The van der Waals surface area contributed by atoms with E-state index >= 15 is 0 Å². The van der Waals surface area contributed by atoms with Crippen molar-refractivity contribution >= 4 is 46.7 Å². The van der Waals surface area contributed by atoms with Crippen molar-refractivity contribution in [1.29, 1.82) is 0 Å². The number of aromatic nitrogens is 4. The van der Waals surface area contributed by atoms with E-state index < -0.39 is 0 Å². The van der Waals surface area contributed by atoms with Gasteiger partial charge in [0.25, 0.3) is 0 Å². The van der Waals surface area contributed by atoms with Crippen molar-refractivity contribution in [2.24, 2.45) is 5.92 Å². The maximum atomic E-state index is 12.1. The molecule has 2 heterocycles. The summed E-state index contributed by atoms with van der Waals surface area (Å²) < 4.78 is 5.80. The van der Waals surface area contributed by atoms with E-state index in [9.17, 15) is 9.59 Å². The van der Waals surface area contributed by atoms with Gasteiger partial charge in [0, 0.05) is 54.8 Å². The molecule has 2 amide bonds. The van der Waals surface area contributed by atoms with E-state index in [1.165, 1.54) is 18.7 Å². The Morgan fingerprint density at radius 3 is 2.47 bits per heavy atom. The second-order valence-electron chi connectivity index (χ2n) is 9.01. The van der Waals surface area contributed by atoms with Gasteiger partial charge < -0.3 is 25.6 Å². The number of aromatic amines is 1. The Hall–Kier alpha value is -3.80. The quantitative estimate of drug-likeness (QED) is 0.233. The van der Waals surface area contributed by atoms with Crippen LogP contribution in [0.15, 0.2) is 40.4 Å². The molecule has 0 radical (unpaired) electrons. The zero-order valence-corrected chi connectivity index (χ0v) is 23.5. The lowest BCUT2D eigenvalue weighted by Gasteiger charge is -2.26. The first-order valence-electron chi connectivity index (χ1n) is 12.5. The minimum absolute atomic E-state index is 0.00585. The number of carbonyl (C=O) groups excluding carboxylic acids is 2. The van der Waals surface area contributed by atoms with E-state index in [0.717, 1.165) is 17.0 Å². The lowest BCUT2D eigenvalue weighted by molar-refractivity contribution is -0.123. The number of anilines is 4. The van der Waals surface area contributed by atoms with Gasteiger partial charge in [-0.3, -0.25) is 14.7 Å². The lowest BCUT2D eigenvalue weighted by atomic mass is 10.2. The molecule has 12 heteroatoms. The highest BCUT2D eigenvalue weighted by atomic mass is 32.2. The normalized spacial score (nSPS) is 10.8. The number of amides is 2. The smallest absolute Gasteiger partial charge is 0.222 e. The molecule has 3 rings (SSSR count). The standard InChI is InChI=1S/C26H36N8O3S/c1-7-13-34(14-12-27-25(36)16(2)3)24-22(37-6)23(29-21-15-17(4)32-33-21)30-26(31-24)38-20-10-8-19(9-11-20)28-18(5)35/h8-11,15-16H,7,12-14H2,1-6H3,(H,27,36)(H,28,35)(H2,29,30,31,32,33). The molecular formula is C26H36N8O3S. The lowest BCUT2D eigenvalue weighted by Crippen LogP contribution is -2.37. The molecule has 11 nitrogen and oxygen atoms in total. The highest BCUT2D eigenvalue weighted by molar-refractivity contribution is 7.99. The van der Waals surface area contributed by atoms with Crippen LogP contribution in [0.3, 0.4) is 0 Å². The Morgan fingerprint density at radius 2 is 1.89 bits per heavy atom. The number of nitrogens with one attached hydrogen (secondary N) is 4. The minimum Gasteiger partial charge on any atom is -0.490 e. The summed E-state index contributed by atoms with van der Waals surface area (Å²) in [6, 6.07) is 9.35. The zero-order valence-electron chi connectivity index (χ0n) is 22.7. The number of methoxy groups -OCH3 is 1. The Kier molecular flexibility index (Phi) is 10.3. The number of benzene rings is 1. The summed E-state index contributed by atoms with van der Waals surface area (Å²) >= 11 is 1.39.